The molecule has 0 aliphatic carbocycles. The van der Waals surface area contributed by atoms with Crippen LogP contribution in [0.15, 0.2) is 36.7 Å². The zero-order valence-electron chi connectivity index (χ0n) is 11.9. The molecule has 1 aliphatic rings. The predicted octanol–water partition coefficient (Wildman–Crippen LogP) is 1.33. The Labute approximate surface area is 126 Å². The lowest BCUT2D eigenvalue weighted by Crippen LogP contribution is -2.37. The molecule has 3 heterocycles. The molecule has 112 valence electrons. The first-order valence-electron chi connectivity index (χ1n) is 7.15. The van der Waals surface area contributed by atoms with Gasteiger partial charge in [-0.15, -0.1) is 5.10 Å². The molecule has 2 aromatic heterocycles. The van der Waals surface area contributed by atoms with Crippen molar-refractivity contribution in [3.8, 4) is 17.1 Å². The fraction of sp³-hybridized carbons (Fsp3) is 0.267. The van der Waals surface area contributed by atoms with Gasteiger partial charge in [-0.1, -0.05) is 12.1 Å². The summed E-state index contributed by atoms with van der Waals surface area (Å²) in [4.78, 5) is 11.2. The second-order valence-corrected chi connectivity index (χ2v) is 5.10. The van der Waals surface area contributed by atoms with Crippen LogP contribution in [0, 0.1) is 0 Å². The van der Waals surface area contributed by atoms with Crippen LogP contribution >= 0.6 is 0 Å². The number of hydrogen-bond donors (Lipinski definition) is 1. The van der Waals surface area contributed by atoms with E-state index >= 15 is 0 Å². The molecule has 7 heteroatoms. The Hall–Kier alpha value is -2.67. The lowest BCUT2D eigenvalue weighted by molar-refractivity contribution is 0.122. The summed E-state index contributed by atoms with van der Waals surface area (Å²) < 4.78 is 7.12. The van der Waals surface area contributed by atoms with Crippen molar-refractivity contribution in [1.82, 2.24) is 19.6 Å². The van der Waals surface area contributed by atoms with Gasteiger partial charge in [0, 0.05) is 31.0 Å². The van der Waals surface area contributed by atoms with Gasteiger partial charge in [-0.05, 0) is 12.1 Å². The minimum atomic E-state index is 0.194. The van der Waals surface area contributed by atoms with Gasteiger partial charge in [0.15, 0.2) is 17.3 Å². The summed E-state index contributed by atoms with van der Waals surface area (Å²) in [6, 6.07) is 6.94. The van der Waals surface area contributed by atoms with Crippen molar-refractivity contribution in [1.29, 1.82) is 0 Å². The smallest absolute Gasteiger partial charge is 0.196 e. The molecule has 3 aromatic rings. The average molecular weight is 297 g/mol. The fourth-order valence-electron chi connectivity index (χ4n) is 2.57. The molecule has 0 radical (unpaired) electrons. The Morgan fingerprint density at radius 2 is 2.05 bits per heavy atom. The maximum Gasteiger partial charge on any atom is 0.196 e. The standard InChI is InChI=1S/C15H15N5O2/c21-12-3-1-2-11(10-12)13-17-15(19-6-8-22-9-7-19)14-16-4-5-20(14)18-13/h1-5,10,21H,6-9H2. The maximum atomic E-state index is 9.66. The first-order valence-corrected chi connectivity index (χ1v) is 7.15. The highest BCUT2D eigenvalue weighted by molar-refractivity contribution is 5.68. The summed E-state index contributed by atoms with van der Waals surface area (Å²) in [5, 5.41) is 14.1. The van der Waals surface area contributed by atoms with Gasteiger partial charge >= 0.3 is 0 Å². The van der Waals surface area contributed by atoms with Crippen LogP contribution < -0.4 is 4.90 Å². The van der Waals surface area contributed by atoms with E-state index in [1.165, 1.54) is 0 Å². The predicted molar refractivity (Wildman–Crippen MR) is 80.9 cm³/mol. The Balaban J connectivity index is 1.86. The number of aromatic nitrogens is 4. The molecule has 1 N–H and O–H groups in total. The number of ether oxygens (including phenoxy) is 1. The van der Waals surface area contributed by atoms with Gasteiger partial charge in [-0.3, -0.25) is 0 Å². The Morgan fingerprint density at radius 3 is 2.86 bits per heavy atom. The molecule has 0 atom stereocenters. The molecule has 0 bridgehead atoms. The summed E-state index contributed by atoms with van der Waals surface area (Å²) in [6.07, 6.45) is 3.51. The number of rotatable bonds is 2. The Morgan fingerprint density at radius 1 is 1.18 bits per heavy atom. The molecular formula is C15H15N5O2. The van der Waals surface area contributed by atoms with Gasteiger partial charge in [0.05, 0.1) is 13.2 Å². The van der Waals surface area contributed by atoms with Gasteiger partial charge in [0.2, 0.25) is 0 Å². The number of anilines is 1. The van der Waals surface area contributed by atoms with E-state index < -0.39 is 0 Å². The highest BCUT2D eigenvalue weighted by atomic mass is 16.5. The molecular weight excluding hydrogens is 282 g/mol. The third kappa shape index (κ3) is 2.25. The van der Waals surface area contributed by atoms with Crippen LogP contribution in [0.2, 0.25) is 0 Å². The summed E-state index contributed by atoms with van der Waals surface area (Å²) >= 11 is 0. The van der Waals surface area contributed by atoms with Crippen molar-refractivity contribution >= 4 is 11.5 Å². The number of fused-ring (bicyclic) bond motifs is 1. The van der Waals surface area contributed by atoms with E-state index in [0.717, 1.165) is 30.1 Å². The van der Waals surface area contributed by atoms with Crippen LogP contribution in [0.1, 0.15) is 0 Å². The van der Waals surface area contributed by atoms with Crippen molar-refractivity contribution in [3.63, 3.8) is 0 Å². The van der Waals surface area contributed by atoms with E-state index in [9.17, 15) is 5.11 Å². The van der Waals surface area contributed by atoms with Crippen molar-refractivity contribution in [2.24, 2.45) is 0 Å². The van der Waals surface area contributed by atoms with E-state index in [1.54, 1.807) is 35.1 Å². The summed E-state index contributed by atoms with van der Waals surface area (Å²) in [5.41, 5.74) is 1.50. The van der Waals surface area contributed by atoms with Gasteiger partial charge in [0.1, 0.15) is 5.75 Å². The first-order chi connectivity index (χ1) is 10.8. The topological polar surface area (TPSA) is 75.8 Å². The summed E-state index contributed by atoms with van der Waals surface area (Å²) in [5.74, 6) is 1.55. The molecule has 1 aromatic carbocycles. The second kappa shape index (κ2) is 5.27. The number of nitrogens with zero attached hydrogens (tertiary/aromatic N) is 5. The fourth-order valence-corrected chi connectivity index (χ4v) is 2.57. The van der Waals surface area contributed by atoms with Gasteiger partial charge < -0.3 is 14.7 Å². The van der Waals surface area contributed by atoms with E-state index in [-0.39, 0.29) is 5.75 Å². The van der Waals surface area contributed by atoms with Crippen LogP contribution in [0.3, 0.4) is 0 Å². The van der Waals surface area contributed by atoms with E-state index in [0.29, 0.717) is 19.0 Å². The second-order valence-electron chi connectivity index (χ2n) is 5.10. The van der Waals surface area contributed by atoms with Gasteiger partial charge in [0.25, 0.3) is 0 Å². The molecule has 4 rings (SSSR count). The molecule has 1 aliphatic heterocycles. The minimum absolute atomic E-state index is 0.194. The quantitative estimate of drug-likeness (QED) is 0.769. The Bertz CT molecular complexity index is 811. The molecule has 7 nitrogen and oxygen atoms in total. The van der Waals surface area contributed by atoms with Crippen LogP contribution in [0.4, 0.5) is 5.82 Å². The summed E-state index contributed by atoms with van der Waals surface area (Å²) in [6.45, 7) is 2.91. The number of imidazole rings is 1. The van der Waals surface area contributed by atoms with Crippen LogP contribution in [-0.4, -0.2) is 51.0 Å². The molecule has 1 saturated heterocycles. The van der Waals surface area contributed by atoms with E-state index in [2.05, 4.69) is 20.0 Å². The van der Waals surface area contributed by atoms with Crippen molar-refractivity contribution in [2.45, 2.75) is 0 Å². The summed E-state index contributed by atoms with van der Waals surface area (Å²) in [7, 11) is 0. The van der Waals surface area contributed by atoms with E-state index in [1.807, 2.05) is 6.07 Å². The monoisotopic (exact) mass is 297 g/mol. The largest absolute Gasteiger partial charge is 0.508 e. The lowest BCUT2D eigenvalue weighted by Gasteiger charge is -2.28. The lowest BCUT2D eigenvalue weighted by atomic mass is 10.2. The number of phenols is 1. The first kappa shape index (κ1) is 13.0. The van der Waals surface area contributed by atoms with Gasteiger partial charge in [-0.2, -0.15) is 0 Å². The number of aromatic hydroxyl groups is 1. The molecule has 1 fully saturated rings. The number of phenolic OH excluding ortho intramolecular Hbond substituents is 1. The SMILES string of the molecule is Oc1cccc(-c2nc(N3CCOCC3)c3nccn3n2)c1. The normalized spacial score (nSPS) is 15.4. The van der Waals surface area contributed by atoms with Crippen LogP contribution in [0.25, 0.3) is 17.0 Å². The van der Waals surface area contributed by atoms with Crippen LogP contribution in [0.5, 0.6) is 5.75 Å². The number of morpholine rings is 1. The van der Waals surface area contributed by atoms with Crippen molar-refractivity contribution < 1.29 is 9.84 Å². The van der Waals surface area contributed by atoms with E-state index in [4.69, 9.17) is 4.74 Å². The van der Waals surface area contributed by atoms with Crippen molar-refractivity contribution in [3.05, 3.63) is 36.7 Å². The number of benzene rings is 1. The molecule has 22 heavy (non-hydrogen) atoms. The number of hydrogen-bond acceptors (Lipinski definition) is 6. The van der Waals surface area contributed by atoms with Crippen molar-refractivity contribution in [2.75, 3.05) is 31.2 Å². The highest BCUT2D eigenvalue weighted by Gasteiger charge is 2.19. The third-order valence-electron chi connectivity index (χ3n) is 3.65. The molecule has 0 unspecified atom stereocenters. The average Bonchev–Trinajstić information content (AvgIpc) is 3.03. The molecule has 0 saturated carbocycles. The zero-order chi connectivity index (χ0) is 14.9. The van der Waals surface area contributed by atoms with Gasteiger partial charge in [-0.25, -0.2) is 14.5 Å². The Kier molecular flexibility index (Phi) is 3.12. The highest BCUT2D eigenvalue weighted by Crippen LogP contribution is 2.24. The van der Waals surface area contributed by atoms with Crippen LogP contribution in [-0.2, 0) is 4.74 Å². The maximum absolute atomic E-state index is 9.66. The molecule has 0 spiro atoms. The minimum Gasteiger partial charge on any atom is -0.508 e. The third-order valence-corrected chi connectivity index (χ3v) is 3.65. The zero-order valence-corrected chi connectivity index (χ0v) is 11.9. The molecule has 0 amide bonds.